The van der Waals surface area contributed by atoms with Crippen LogP contribution in [0.1, 0.15) is 29.9 Å². The summed E-state index contributed by atoms with van der Waals surface area (Å²) in [6, 6.07) is 17.1. The predicted molar refractivity (Wildman–Crippen MR) is 98.5 cm³/mol. The Hall–Kier alpha value is -2.26. The van der Waals surface area contributed by atoms with Gasteiger partial charge < -0.3 is 9.72 Å². The van der Waals surface area contributed by atoms with Gasteiger partial charge in [-0.1, -0.05) is 30.3 Å². The summed E-state index contributed by atoms with van der Waals surface area (Å²) in [4.78, 5) is 6.01. The van der Waals surface area contributed by atoms with Crippen molar-refractivity contribution in [3.05, 3.63) is 65.9 Å². The fourth-order valence-electron chi connectivity index (χ4n) is 3.88. The third kappa shape index (κ3) is 3.04. The van der Waals surface area contributed by atoms with Crippen molar-refractivity contribution in [2.24, 2.45) is 0 Å². The third-order valence-corrected chi connectivity index (χ3v) is 5.12. The molecule has 4 rings (SSSR count). The van der Waals surface area contributed by atoms with Crippen LogP contribution >= 0.6 is 0 Å². The first-order valence-electron chi connectivity index (χ1n) is 8.75. The zero-order valence-electron chi connectivity index (χ0n) is 14.2. The second kappa shape index (κ2) is 6.70. The van der Waals surface area contributed by atoms with Crippen molar-refractivity contribution < 1.29 is 4.74 Å². The molecule has 3 heteroatoms. The lowest BCUT2D eigenvalue weighted by Gasteiger charge is -2.32. The summed E-state index contributed by atoms with van der Waals surface area (Å²) < 4.78 is 5.41. The number of aromatic nitrogens is 1. The first-order valence-corrected chi connectivity index (χ1v) is 8.75. The number of piperidine rings is 1. The maximum absolute atomic E-state index is 5.41. The van der Waals surface area contributed by atoms with Crippen LogP contribution in [0.2, 0.25) is 0 Å². The summed E-state index contributed by atoms with van der Waals surface area (Å²) in [6.45, 7) is 3.36. The van der Waals surface area contributed by atoms with E-state index < -0.39 is 0 Å². The second-order valence-electron chi connectivity index (χ2n) is 6.72. The molecule has 0 amide bonds. The van der Waals surface area contributed by atoms with E-state index in [1.807, 2.05) is 6.07 Å². The zero-order valence-corrected chi connectivity index (χ0v) is 14.2. The maximum atomic E-state index is 5.41. The molecule has 3 nitrogen and oxygen atoms in total. The predicted octanol–water partition coefficient (Wildman–Crippen LogP) is 4.56. The molecule has 0 aliphatic carbocycles. The largest absolute Gasteiger partial charge is 0.497 e. The van der Waals surface area contributed by atoms with Crippen LogP contribution in [0.5, 0.6) is 5.75 Å². The zero-order chi connectivity index (χ0) is 16.4. The van der Waals surface area contributed by atoms with Crippen LogP contribution in [0, 0.1) is 0 Å². The highest BCUT2D eigenvalue weighted by atomic mass is 16.5. The molecule has 0 saturated carbocycles. The third-order valence-electron chi connectivity index (χ3n) is 5.12. The number of hydrogen-bond acceptors (Lipinski definition) is 2. The minimum absolute atomic E-state index is 0.586. The van der Waals surface area contributed by atoms with Crippen LogP contribution in [-0.2, 0) is 6.54 Å². The highest BCUT2D eigenvalue weighted by molar-refractivity contribution is 5.85. The number of benzene rings is 2. The molecule has 3 aromatic rings. The molecule has 1 unspecified atom stereocenters. The number of H-pyrrole nitrogens is 1. The lowest BCUT2D eigenvalue weighted by molar-refractivity contribution is 0.201. The van der Waals surface area contributed by atoms with Crippen LogP contribution < -0.4 is 4.74 Å². The minimum Gasteiger partial charge on any atom is -0.497 e. The summed E-state index contributed by atoms with van der Waals surface area (Å²) >= 11 is 0. The molecule has 2 heterocycles. The van der Waals surface area contributed by atoms with Crippen molar-refractivity contribution in [1.82, 2.24) is 9.88 Å². The number of aromatic amines is 1. The summed E-state index contributed by atoms with van der Waals surface area (Å²) in [5, 5.41) is 1.31. The number of nitrogens with one attached hydrogen (secondary N) is 1. The fraction of sp³-hybridized carbons (Fsp3) is 0.333. The number of likely N-dealkylation sites (tertiary alicyclic amines) is 1. The van der Waals surface area contributed by atoms with E-state index in [-0.39, 0.29) is 0 Å². The molecule has 124 valence electrons. The number of ether oxygens (including phenoxy) is 1. The Kier molecular flexibility index (Phi) is 4.26. The molecule has 0 radical (unpaired) electrons. The Balaban J connectivity index is 1.55. The molecule has 24 heavy (non-hydrogen) atoms. The lowest BCUT2D eigenvalue weighted by atomic mass is 9.90. The summed E-state index contributed by atoms with van der Waals surface area (Å²) in [6.07, 6.45) is 4.71. The van der Waals surface area contributed by atoms with Gasteiger partial charge in [0.05, 0.1) is 7.11 Å². The quantitative estimate of drug-likeness (QED) is 0.763. The van der Waals surface area contributed by atoms with Gasteiger partial charge in [-0.15, -0.1) is 0 Å². The second-order valence-corrected chi connectivity index (χ2v) is 6.72. The molecule has 1 saturated heterocycles. The molecular weight excluding hydrogens is 296 g/mol. The lowest BCUT2D eigenvalue weighted by Crippen LogP contribution is -2.33. The van der Waals surface area contributed by atoms with Gasteiger partial charge in [-0.2, -0.15) is 0 Å². The number of nitrogens with zero attached hydrogens (tertiary/aromatic N) is 1. The Bertz CT molecular complexity index is 809. The van der Waals surface area contributed by atoms with Gasteiger partial charge in [0.25, 0.3) is 0 Å². The molecular formula is C21H24N2O. The molecule has 1 aliphatic rings. The van der Waals surface area contributed by atoms with Gasteiger partial charge in [-0.3, -0.25) is 4.90 Å². The van der Waals surface area contributed by atoms with E-state index >= 15 is 0 Å². The Morgan fingerprint density at radius 1 is 1.17 bits per heavy atom. The van der Waals surface area contributed by atoms with Gasteiger partial charge in [0.1, 0.15) is 5.75 Å². The molecule has 1 atom stereocenters. The molecule has 1 aromatic heterocycles. The van der Waals surface area contributed by atoms with Gasteiger partial charge in [0.15, 0.2) is 0 Å². The van der Waals surface area contributed by atoms with E-state index in [9.17, 15) is 0 Å². The van der Waals surface area contributed by atoms with Crippen LogP contribution in [-0.4, -0.2) is 30.1 Å². The van der Waals surface area contributed by atoms with Crippen LogP contribution in [0.3, 0.4) is 0 Å². The molecule has 1 aliphatic heterocycles. The maximum Gasteiger partial charge on any atom is 0.119 e. The van der Waals surface area contributed by atoms with E-state index in [4.69, 9.17) is 4.74 Å². The molecule has 2 aromatic carbocycles. The fourth-order valence-corrected chi connectivity index (χ4v) is 3.88. The van der Waals surface area contributed by atoms with E-state index in [1.54, 1.807) is 7.11 Å². The normalized spacial score (nSPS) is 18.8. The van der Waals surface area contributed by atoms with Crippen molar-refractivity contribution in [3.8, 4) is 5.75 Å². The monoisotopic (exact) mass is 320 g/mol. The first kappa shape index (κ1) is 15.3. The van der Waals surface area contributed by atoms with Crippen LogP contribution in [0.15, 0.2) is 54.7 Å². The average molecular weight is 320 g/mol. The highest BCUT2D eigenvalue weighted by Crippen LogP contribution is 2.34. The van der Waals surface area contributed by atoms with Crippen LogP contribution in [0.25, 0.3) is 10.9 Å². The Labute approximate surface area is 143 Å². The van der Waals surface area contributed by atoms with Gasteiger partial charge >= 0.3 is 0 Å². The van der Waals surface area contributed by atoms with Crippen molar-refractivity contribution in [1.29, 1.82) is 0 Å². The first-order chi connectivity index (χ1) is 11.8. The van der Waals surface area contributed by atoms with Gasteiger partial charge in [-0.05, 0) is 54.6 Å². The van der Waals surface area contributed by atoms with Crippen molar-refractivity contribution in [2.45, 2.75) is 25.3 Å². The van der Waals surface area contributed by atoms with Gasteiger partial charge in [0, 0.05) is 30.2 Å². The Morgan fingerprint density at radius 2 is 2.04 bits per heavy atom. The standard InChI is InChI=1S/C21H24N2O/c1-24-18-9-10-21-19(12-18)20(13-22-21)17-8-5-11-23(15-17)14-16-6-3-2-4-7-16/h2-4,6-7,9-10,12-13,17,22H,5,8,11,14-15H2,1H3. The van der Waals surface area contributed by atoms with Gasteiger partial charge in [-0.25, -0.2) is 0 Å². The smallest absolute Gasteiger partial charge is 0.119 e. The highest BCUT2D eigenvalue weighted by Gasteiger charge is 2.23. The number of hydrogen-bond donors (Lipinski definition) is 1. The molecule has 1 fully saturated rings. The van der Waals surface area contributed by atoms with Crippen molar-refractivity contribution in [2.75, 3.05) is 20.2 Å². The van der Waals surface area contributed by atoms with Crippen LogP contribution in [0.4, 0.5) is 0 Å². The van der Waals surface area contributed by atoms with E-state index in [2.05, 4.69) is 58.5 Å². The molecule has 0 bridgehead atoms. The summed E-state index contributed by atoms with van der Waals surface area (Å²) in [5.41, 5.74) is 4.03. The van der Waals surface area contributed by atoms with E-state index in [0.29, 0.717) is 5.92 Å². The van der Waals surface area contributed by atoms with Crippen molar-refractivity contribution in [3.63, 3.8) is 0 Å². The average Bonchev–Trinajstić information content (AvgIpc) is 3.06. The molecule has 0 spiro atoms. The minimum atomic E-state index is 0.586. The number of fused-ring (bicyclic) bond motifs is 1. The summed E-state index contributed by atoms with van der Waals surface area (Å²) in [7, 11) is 1.73. The van der Waals surface area contributed by atoms with Gasteiger partial charge in [0.2, 0.25) is 0 Å². The number of methoxy groups -OCH3 is 1. The molecule has 1 N–H and O–H groups in total. The van der Waals surface area contributed by atoms with E-state index in [1.165, 1.54) is 41.4 Å². The van der Waals surface area contributed by atoms with E-state index in [0.717, 1.165) is 18.8 Å². The summed E-state index contributed by atoms with van der Waals surface area (Å²) in [5.74, 6) is 1.52. The van der Waals surface area contributed by atoms with Crippen molar-refractivity contribution >= 4 is 10.9 Å². The topological polar surface area (TPSA) is 28.3 Å². The number of rotatable bonds is 4. The SMILES string of the molecule is COc1ccc2[nH]cc(C3CCCN(Cc4ccccc4)C3)c2c1. The Morgan fingerprint density at radius 3 is 2.88 bits per heavy atom.